The van der Waals surface area contributed by atoms with Gasteiger partial charge in [0.2, 0.25) is 0 Å². The fourth-order valence-electron chi connectivity index (χ4n) is 1.07. The van der Waals surface area contributed by atoms with Gasteiger partial charge in [0.25, 0.3) is 0 Å². The summed E-state index contributed by atoms with van der Waals surface area (Å²) in [6.07, 6.45) is 0. The van der Waals surface area contributed by atoms with Crippen molar-refractivity contribution in [3.05, 3.63) is 0 Å². The van der Waals surface area contributed by atoms with Crippen molar-refractivity contribution in [2.75, 3.05) is 46.0 Å². The van der Waals surface area contributed by atoms with Crippen LogP contribution in [0.25, 0.3) is 0 Å². The van der Waals surface area contributed by atoms with E-state index in [1.165, 1.54) is 46.0 Å². The van der Waals surface area contributed by atoms with Crippen LogP contribution >= 0.6 is 72.3 Å². The standard InChI is InChI=1S/C12H26S6/c1-11(13)9-17-7-5-15-3-4-16-6-8-18-10-12(2)14/h11-14H,3-10H2,1-2H3. The molecule has 0 bridgehead atoms. The average Bonchev–Trinajstić information content (AvgIpc) is 2.29. The quantitative estimate of drug-likeness (QED) is 0.364. The van der Waals surface area contributed by atoms with Gasteiger partial charge in [-0.25, -0.2) is 0 Å². The highest BCUT2D eigenvalue weighted by Gasteiger charge is 1.97. The topological polar surface area (TPSA) is 0 Å². The first kappa shape index (κ1) is 20.1. The smallest absolute Gasteiger partial charge is 0.00791 e. The minimum atomic E-state index is 0.535. The van der Waals surface area contributed by atoms with Crippen LogP contribution in [-0.2, 0) is 0 Å². The lowest BCUT2D eigenvalue weighted by atomic mass is 10.6. The van der Waals surface area contributed by atoms with Gasteiger partial charge in [-0.3, -0.25) is 0 Å². The Labute approximate surface area is 142 Å². The van der Waals surface area contributed by atoms with Gasteiger partial charge in [0.05, 0.1) is 0 Å². The van der Waals surface area contributed by atoms with Crippen molar-refractivity contribution in [2.45, 2.75) is 24.3 Å². The van der Waals surface area contributed by atoms with E-state index in [0.717, 1.165) is 0 Å². The number of rotatable bonds is 13. The summed E-state index contributed by atoms with van der Waals surface area (Å²) >= 11 is 17.0. The molecule has 0 aromatic heterocycles. The van der Waals surface area contributed by atoms with Gasteiger partial charge in [0, 0.05) is 56.5 Å². The summed E-state index contributed by atoms with van der Waals surface area (Å²) in [5, 5.41) is 1.07. The van der Waals surface area contributed by atoms with E-state index in [0.29, 0.717) is 10.5 Å². The molecule has 2 atom stereocenters. The molecule has 2 unspecified atom stereocenters. The molecule has 0 aliphatic rings. The van der Waals surface area contributed by atoms with Crippen LogP contribution in [0.3, 0.4) is 0 Å². The van der Waals surface area contributed by atoms with Crippen LogP contribution in [0.1, 0.15) is 13.8 Å². The molecule has 0 saturated heterocycles. The molecule has 0 amide bonds. The molecule has 110 valence electrons. The zero-order valence-corrected chi connectivity index (χ0v) is 16.4. The molecule has 0 aliphatic carbocycles. The van der Waals surface area contributed by atoms with Crippen LogP contribution in [0.4, 0.5) is 0 Å². The maximum atomic E-state index is 4.37. The maximum absolute atomic E-state index is 4.37. The van der Waals surface area contributed by atoms with E-state index in [-0.39, 0.29) is 0 Å². The normalized spacial score (nSPS) is 14.7. The molecule has 0 spiro atoms. The lowest BCUT2D eigenvalue weighted by molar-refractivity contribution is 1.14. The fraction of sp³-hybridized carbons (Fsp3) is 1.00. The molecule has 0 aromatic carbocycles. The van der Waals surface area contributed by atoms with Crippen molar-refractivity contribution in [1.82, 2.24) is 0 Å². The van der Waals surface area contributed by atoms with Gasteiger partial charge in [0.15, 0.2) is 0 Å². The van der Waals surface area contributed by atoms with Crippen LogP contribution < -0.4 is 0 Å². The molecular weight excluding hydrogens is 337 g/mol. The van der Waals surface area contributed by atoms with Crippen molar-refractivity contribution in [3.63, 3.8) is 0 Å². The van der Waals surface area contributed by atoms with E-state index < -0.39 is 0 Å². The third kappa shape index (κ3) is 18.1. The van der Waals surface area contributed by atoms with Crippen LogP contribution in [-0.4, -0.2) is 56.5 Å². The average molecular weight is 363 g/mol. The second kappa shape index (κ2) is 15.5. The van der Waals surface area contributed by atoms with Crippen LogP contribution in [0, 0.1) is 0 Å². The van der Waals surface area contributed by atoms with E-state index in [9.17, 15) is 0 Å². The third-order valence-corrected chi connectivity index (χ3v) is 7.90. The second-order valence-electron chi connectivity index (χ2n) is 4.07. The molecule has 0 N–H and O–H groups in total. The van der Waals surface area contributed by atoms with E-state index in [1.807, 2.05) is 23.5 Å². The van der Waals surface area contributed by atoms with E-state index in [2.05, 4.69) is 62.6 Å². The Morgan fingerprint density at radius 3 is 1.17 bits per heavy atom. The molecule has 18 heavy (non-hydrogen) atoms. The van der Waals surface area contributed by atoms with Crippen LogP contribution in [0.15, 0.2) is 0 Å². The monoisotopic (exact) mass is 362 g/mol. The number of thiol groups is 2. The van der Waals surface area contributed by atoms with Crippen molar-refractivity contribution in [3.8, 4) is 0 Å². The Hall–Kier alpha value is 2.10. The second-order valence-corrected chi connectivity index (χ2v) is 10.6. The molecule has 0 aromatic rings. The predicted molar refractivity (Wildman–Crippen MR) is 106 cm³/mol. The van der Waals surface area contributed by atoms with Gasteiger partial charge in [-0.2, -0.15) is 72.3 Å². The fourth-order valence-corrected chi connectivity index (χ4v) is 5.95. The minimum Gasteiger partial charge on any atom is -0.175 e. The molecule has 0 aliphatic heterocycles. The van der Waals surface area contributed by atoms with E-state index in [1.54, 1.807) is 0 Å². The summed E-state index contributed by atoms with van der Waals surface area (Å²) in [6, 6.07) is 0. The molecule has 0 radical (unpaired) electrons. The Morgan fingerprint density at radius 2 is 0.889 bits per heavy atom. The molecule has 0 nitrogen and oxygen atoms in total. The van der Waals surface area contributed by atoms with Crippen LogP contribution in [0.5, 0.6) is 0 Å². The largest absolute Gasteiger partial charge is 0.175 e. The van der Waals surface area contributed by atoms with Crippen molar-refractivity contribution in [2.24, 2.45) is 0 Å². The number of thioether (sulfide) groups is 4. The lowest BCUT2D eigenvalue weighted by Gasteiger charge is -2.05. The summed E-state index contributed by atoms with van der Waals surface area (Å²) in [5.41, 5.74) is 0. The van der Waals surface area contributed by atoms with Crippen molar-refractivity contribution >= 4 is 72.3 Å². The zero-order chi connectivity index (χ0) is 13.6. The van der Waals surface area contributed by atoms with Gasteiger partial charge in [-0.1, -0.05) is 13.8 Å². The third-order valence-electron chi connectivity index (χ3n) is 1.83. The summed E-state index contributed by atoms with van der Waals surface area (Å²) in [5.74, 6) is 10.1. The highest BCUT2D eigenvalue weighted by atomic mass is 32.2. The minimum absolute atomic E-state index is 0.535. The number of hydrogen-bond acceptors (Lipinski definition) is 6. The first-order chi connectivity index (χ1) is 8.63. The molecule has 0 heterocycles. The first-order valence-electron chi connectivity index (χ1n) is 6.30. The highest BCUT2D eigenvalue weighted by molar-refractivity contribution is 8.05. The Morgan fingerprint density at radius 1 is 0.611 bits per heavy atom. The lowest BCUT2D eigenvalue weighted by Crippen LogP contribution is -1.98. The Kier molecular flexibility index (Phi) is 17.3. The molecule has 6 heteroatoms. The van der Waals surface area contributed by atoms with Crippen molar-refractivity contribution < 1.29 is 0 Å². The van der Waals surface area contributed by atoms with Gasteiger partial charge in [0.1, 0.15) is 0 Å². The van der Waals surface area contributed by atoms with E-state index >= 15 is 0 Å². The van der Waals surface area contributed by atoms with Gasteiger partial charge in [-0.15, -0.1) is 0 Å². The van der Waals surface area contributed by atoms with Crippen molar-refractivity contribution in [1.29, 1.82) is 0 Å². The summed E-state index contributed by atoms with van der Waals surface area (Å²) in [4.78, 5) is 0. The predicted octanol–water partition coefficient (Wildman–Crippen LogP) is 4.56. The summed E-state index contributed by atoms with van der Waals surface area (Å²) in [7, 11) is 0. The SMILES string of the molecule is CC(S)CSCCSCCSCCSCC(C)S. The summed E-state index contributed by atoms with van der Waals surface area (Å²) < 4.78 is 0. The molecule has 0 saturated carbocycles. The van der Waals surface area contributed by atoms with Crippen LogP contribution in [0.2, 0.25) is 0 Å². The molecular formula is C12H26S6. The van der Waals surface area contributed by atoms with Gasteiger partial charge in [-0.05, 0) is 0 Å². The Balaban J connectivity index is 2.95. The van der Waals surface area contributed by atoms with E-state index in [4.69, 9.17) is 0 Å². The van der Waals surface area contributed by atoms with Gasteiger partial charge >= 0.3 is 0 Å². The molecule has 0 fully saturated rings. The Bertz CT molecular complexity index is 145. The zero-order valence-electron chi connectivity index (χ0n) is 11.3. The maximum Gasteiger partial charge on any atom is 0.00791 e. The number of hydrogen-bond donors (Lipinski definition) is 2. The van der Waals surface area contributed by atoms with Gasteiger partial charge < -0.3 is 0 Å². The summed E-state index contributed by atoms with van der Waals surface area (Å²) in [6.45, 7) is 4.32. The molecule has 0 rings (SSSR count). The highest BCUT2D eigenvalue weighted by Crippen LogP contribution is 2.14. The first-order valence-corrected chi connectivity index (χ1v) is 11.9.